The summed E-state index contributed by atoms with van der Waals surface area (Å²) in [5.41, 5.74) is 6.55. The molecule has 1 atom stereocenters. The summed E-state index contributed by atoms with van der Waals surface area (Å²) in [5.74, 6) is -0.608. The summed E-state index contributed by atoms with van der Waals surface area (Å²) in [4.78, 5) is 10.9. The normalized spacial score (nSPS) is 12.9. The second-order valence-electron chi connectivity index (χ2n) is 3.50. The maximum absolute atomic E-state index is 10.9. The highest BCUT2D eigenvalue weighted by Crippen LogP contribution is 2.33. The van der Waals surface area contributed by atoms with Crippen molar-refractivity contribution in [1.29, 1.82) is 0 Å². The number of hydrogen-bond donors (Lipinski definition) is 2. The van der Waals surface area contributed by atoms with Crippen molar-refractivity contribution in [2.45, 2.75) is 13.0 Å². The minimum absolute atomic E-state index is 0.449. The molecule has 1 aromatic carbocycles. The highest BCUT2D eigenvalue weighted by molar-refractivity contribution is 6.35. The predicted octanol–water partition coefficient (Wildman–Crippen LogP) is 2.48. The molecule has 0 fully saturated rings. The van der Waals surface area contributed by atoms with E-state index in [1.165, 1.54) is 0 Å². The number of hydrogen-bond acceptors (Lipinski definition) is 3. The highest BCUT2D eigenvalue weighted by Gasteiger charge is 2.23. The number of furan rings is 1. The van der Waals surface area contributed by atoms with Gasteiger partial charge in [-0.3, -0.25) is 4.79 Å². The van der Waals surface area contributed by atoms with E-state index in [2.05, 4.69) is 0 Å². The van der Waals surface area contributed by atoms with Crippen molar-refractivity contribution in [3.8, 4) is 0 Å². The SMILES string of the molecule is Cc1oc2c(Cl)cccc2c1C(N)C(=O)O. The number of carboxylic acid groups (broad SMARTS) is 1. The molecule has 84 valence electrons. The van der Waals surface area contributed by atoms with Crippen molar-refractivity contribution in [1.82, 2.24) is 0 Å². The zero-order valence-electron chi connectivity index (χ0n) is 8.53. The van der Waals surface area contributed by atoms with Crippen LogP contribution in [0.4, 0.5) is 0 Å². The largest absolute Gasteiger partial charge is 0.480 e. The first kappa shape index (κ1) is 11.0. The van der Waals surface area contributed by atoms with Crippen molar-refractivity contribution in [2.75, 3.05) is 0 Å². The van der Waals surface area contributed by atoms with Crippen LogP contribution in [0.3, 0.4) is 0 Å². The molecule has 0 aliphatic heterocycles. The molecule has 1 heterocycles. The van der Waals surface area contributed by atoms with Crippen molar-refractivity contribution < 1.29 is 14.3 Å². The Morgan fingerprint density at radius 3 is 2.88 bits per heavy atom. The van der Waals surface area contributed by atoms with Gasteiger partial charge in [0.15, 0.2) is 5.58 Å². The molecule has 16 heavy (non-hydrogen) atoms. The third-order valence-electron chi connectivity index (χ3n) is 2.47. The fourth-order valence-electron chi connectivity index (χ4n) is 1.73. The molecular weight excluding hydrogens is 230 g/mol. The van der Waals surface area contributed by atoms with Crippen molar-refractivity contribution in [2.24, 2.45) is 5.73 Å². The van der Waals surface area contributed by atoms with Crippen LogP contribution >= 0.6 is 11.6 Å². The molecule has 3 N–H and O–H groups in total. The molecule has 1 aromatic heterocycles. The maximum Gasteiger partial charge on any atom is 0.325 e. The smallest absolute Gasteiger partial charge is 0.325 e. The van der Waals surface area contributed by atoms with Crippen LogP contribution in [-0.4, -0.2) is 11.1 Å². The molecule has 1 unspecified atom stereocenters. The van der Waals surface area contributed by atoms with Gasteiger partial charge >= 0.3 is 5.97 Å². The van der Waals surface area contributed by atoms with E-state index in [4.69, 9.17) is 26.9 Å². The predicted molar refractivity (Wildman–Crippen MR) is 60.5 cm³/mol. The first-order valence-corrected chi connectivity index (χ1v) is 5.06. The van der Waals surface area contributed by atoms with Gasteiger partial charge in [-0.2, -0.15) is 0 Å². The average Bonchev–Trinajstić information content (AvgIpc) is 2.55. The lowest BCUT2D eigenvalue weighted by atomic mass is 10.0. The molecule has 0 aliphatic carbocycles. The van der Waals surface area contributed by atoms with E-state index < -0.39 is 12.0 Å². The minimum atomic E-state index is -1.10. The number of rotatable bonds is 2. The Labute approximate surface area is 96.6 Å². The quantitative estimate of drug-likeness (QED) is 0.844. The van der Waals surface area contributed by atoms with E-state index >= 15 is 0 Å². The van der Waals surface area contributed by atoms with Gasteiger partial charge in [-0.15, -0.1) is 0 Å². The Hall–Kier alpha value is -1.52. The second kappa shape index (κ2) is 3.81. The van der Waals surface area contributed by atoms with Crippen LogP contribution in [0.2, 0.25) is 5.02 Å². The second-order valence-corrected chi connectivity index (χ2v) is 3.91. The van der Waals surface area contributed by atoms with Crippen LogP contribution in [0.5, 0.6) is 0 Å². The Morgan fingerprint density at radius 1 is 1.56 bits per heavy atom. The van der Waals surface area contributed by atoms with Crippen LogP contribution in [0.25, 0.3) is 11.0 Å². The van der Waals surface area contributed by atoms with Crippen LogP contribution < -0.4 is 5.73 Å². The lowest BCUT2D eigenvalue weighted by Crippen LogP contribution is -2.21. The van der Waals surface area contributed by atoms with Crippen molar-refractivity contribution in [3.05, 3.63) is 34.5 Å². The number of halogens is 1. The van der Waals surface area contributed by atoms with Crippen molar-refractivity contribution >= 4 is 28.5 Å². The lowest BCUT2D eigenvalue weighted by Gasteiger charge is -2.04. The van der Waals surface area contributed by atoms with Gasteiger partial charge in [0, 0.05) is 10.9 Å². The third kappa shape index (κ3) is 1.56. The van der Waals surface area contributed by atoms with Crippen LogP contribution in [-0.2, 0) is 4.79 Å². The molecule has 0 bridgehead atoms. The molecule has 5 heteroatoms. The lowest BCUT2D eigenvalue weighted by molar-refractivity contribution is -0.138. The van der Waals surface area contributed by atoms with Crippen LogP contribution in [0, 0.1) is 6.92 Å². The molecule has 2 rings (SSSR count). The maximum atomic E-state index is 10.9. The molecule has 4 nitrogen and oxygen atoms in total. The number of benzene rings is 1. The van der Waals surface area contributed by atoms with Crippen molar-refractivity contribution in [3.63, 3.8) is 0 Å². The van der Waals surface area contributed by atoms with Gasteiger partial charge in [-0.1, -0.05) is 23.7 Å². The summed E-state index contributed by atoms with van der Waals surface area (Å²) in [5, 5.41) is 10.0. The molecular formula is C11H10ClNO3. The van der Waals surface area contributed by atoms with E-state index in [1.807, 2.05) is 0 Å². The van der Waals surface area contributed by atoms with E-state index in [9.17, 15) is 4.79 Å². The van der Waals surface area contributed by atoms with Crippen LogP contribution in [0.1, 0.15) is 17.4 Å². The topological polar surface area (TPSA) is 76.5 Å². The fraction of sp³-hybridized carbons (Fsp3) is 0.182. The van der Waals surface area contributed by atoms with E-state index in [0.717, 1.165) is 0 Å². The van der Waals surface area contributed by atoms with Gasteiger partial charge in [-0.25, -0.2) is 0 Å². The number of carboxylic acids is 1. The van der Waals surface area contributed by atoms with Gasteiger partial charge in [0.2, 0.25) is 0 Å². The standard InChI is InChI=1S/C11H10ClNO3/c1-5-8(9(13)11(14)15)6-3-2-4-7(12)10(6)16-5/h2-4,9H,13H2,1H3,(H,14,15). The number of fused-ring (bicyclic) bond motifs is 1. The summed E-state index contributed by atoms with van der Waals surface area (Å²) in [6, 6.07) is 4.07. The van der Waals surface area contributed by atoms with Gasteiger partial charge in [0.1, 0.15) is 11.8 Å². The molecule has 0 saturated carbocycles. The highest BCUT2D eigenvalue weighted by atomic mass is 35.5. The molecule has 2 aromatic rings. The zero-order valence-corrected chi connectivity index (χ0v) is 9.28. The Kier molecular flexibility index (Phi) is 2.61. The fourth-order valence-corrected chi connectivity index (χ4v) is 1.95. The monoisotopic (exact) mass is 239 g/mol. The molecule has 0 aliphatic rings. The number of nitrogens with two attached hydrogens (primary N) is 1. The Bertz CT molecular complexity index is 562. The molecule has 0 saturated heterocycles. The molecule has 0 spiro atoms. The van der Waals surface area contributed by atoms with Gasteiger partial charge < -0.3 is 15.3 Å². The van der Waals surface area contributed by atoms with Crippen LogP contribution in [0.15, 0.2) is 22.6 Å². The molecule has 0 radical (unpaired) electrons. The number of aryl methyl sites for hydroxylation is 1. The first-order chi connectivity index (χ1) is 7.52. The van der Waals surface area contributed by atoms with E-state index in [0.29, 0.717) is 27.3 Å². The summed E-state index contributed by atoms with van der Waals surface area (Å²) >= 11 is 5.94. The summed E-state index contributed by atoms with van der Waals surface area (Å²) in [7, 11) is 0. The summed E-state index contributed by atoms with van der Waals surface area (Å²) < 4.78 is 5.43. The summed E-state index contributed by atoms with van der Waals surface area (Å²) in [6.45, 7) is 1.68. The Balaban J connectivity index is 2.74. The van der Waals surface area contributed by atoms with E-state index in [-0.39, 0.29) is 0 Å². The zero-order chi connectivity index (χ0) is 11.9. The molecule has 0 amide bonds. The number of carbonyl (C=O) groups is 1. The number of para-hydroxylation sites is 1. The first-order valence-electron chi connectivity index (χ1n) is 4.68. The number of aliphatic carboxylic acids is 1. The van der Waals surface area contributed by atoms with E-state index in [1.54, 1.807) is 25.1 Å². The third-order valence-corrected chi connectivity index (χ3v) is 2.77. The van der Waals surface area contributed by atoms with Gasteiger partial charge in [0.05, 0.1) is 5.02 Å². The average molecular weight is 240 g/mol. The van der Waals surface area contributed by atoms with Gasteiger partial charge in [0.25, 0.3) is 0 Å². The Morgan fingerprint density at radius 2 is 2.25 bits per heavy atom. The minimum Gasteiger partial charge on any atom is -0.480 e. The summed E-state index contributed by atoms with van der Waals surface area (Å²) in [6.07, 6.45) is 0. The van der Waals surface area contributed by atoms with Gasteiger partial charge in [-0.05, 0) is 13.0 Å².